The van der Waals surface area contributed by atoms with Gasteiger partial charge in [-0.1, -0.05) is 48.5 Å². The van der Waals surface area contributed by atoms with Crippen molar-refractivity contribution in [2.45, 2.75) is 0 Å². The van der Waals surface area contributed by atoms with Crippen LogP contribution in [0.3, 0.4) is 0 Å². The zero-order chi connectivity index (χ0) is 18.8. The Hall–Kier alpha value is -4.04. The number of isocyanates is 4. The Labute approximate surface area is 135 Å². The first-order chi connectivity index (χ1) is 11.6. The maximum absolute atomic E-state index is 8.24. The number of nitrogens with zero attached hydrogens (tertiary/aromatic N) is 4. The van der Waals surface area contributed by atoms with E-state index >= 15 is 0 Å². The largest absolute Gasteiger partial charge is 0.724 e. The third-order valence-electron chi connectivity index (χ3n) is 2.43. The van der Waals surface area contributed by atoms with Crippen LogP contribution in [0.25, 0.3) is 21.6 Å². The van der Waals surface area contributed by atoms with Crippen molar-refractivity contribution in [3.8, 4) is 0 Å². The van der Waals surface area contributed by atoms with Gasteiger partial charge in [0.1, 0.15) is 0 Å². The van der Waals surface area contributed by atoms with Crippen molar-refractivity contribution < 1.29 is 19.2 Å². The van der Waals surface area contributed by atoms with E-state index in [2.05, 4.69) is 48.5 Å². The topological polar surface area (TPSA) is 157 Å². The van der Waals surface area contributed by atoms with Crippen molar-refractivity contribution in [3.63, 3.8) is 0 Å². The van der Waals surface area contributed by atoms with Crippen LogP contribution in [0.15, 0.2) is 48.5 Å². The fourth-order valence-corrected chi connectivity index (χ4v) is 1.84. The molecule has 0 atom stereocenters. The van der Waals surface area contributed by atoms with E-state index in [-0.39, 0.29) is 0 Å². The highest BCUT2D eigenvalue weighted by Gasteiger charge is 1.97. The van der Waals surface area contributed by atoms with Gasteiger partial charge < -0.3 is 21.6 Å². The Bertz CT molecular complexity index is 779. The number of carbonyl (C=O) groups excluding carboxylic acids is 4. The normalized spacial score (nSPS) is 7.00. The molecule has 120 valence electrons. The first-order valence-electron chi connectivity index (χ1n) is 5.87. The molecule has 8 heteroatoms. The van der Waals surface area contributed by atoms with Gasteiger partial charge in [0.2, 0.25) is 0 Å². The molecule has 1 aliphatic carbocycles. The molecule has 0 amide bonds. The molecule has 0 unspecified atom stereocenters. The van der Waals surface area contributed by atoms with Crippen LogP contribution in [0, 0.1) is 20.9 Å². The summed E-state index contributed by atoms with van der Waals surface area (Å²) in [5, 5.41) is 32.6. The van der Waals surface area contributed by atoms with Crippen molar-refractivity contribution >= 4 is 24.3 Å². The van der Waals surface area contributed by atoms with Gasteiger partial charge in [0.25, 0.3) is 0 Å². The predicted molar refractivity (Wildman–Crippen MR) is 84.4 cm³/mol. The first kappa shape index (κ1) is 22.2. The Morgan fingerprint density at radius 2 is 0.583 bits per heavy atom. The summed E-state index contributed by atoms with van der Waals surface area (Å²) in [5.41, 5.74) is 0. The molecule has 2 aromatic carbocycles. The van der Waals surface area contributed by atoms with E-state index in [9.17, 15) is 0 Å². The molecule has 2 aromatic rings. The molecule has 0 spiro atoms. The molecular weight excluding hydrogens is 312 g/mol. The predicted octanol–water partition coefficient (Wildman–Crippen LogP) is 2.14. The first-order valence-corrected chi connectivity index (χ1v) is 5.87. The van der Waals surface area contributed by atoms with E-state index in [1.165, 1.54) is 20.9 Å². The minimum absolute atomic E-state index is 0.500. The van der Waals surface area contributed by atoms with Crippen LogP contribution in [0.2, 0.25) is 0 Å². The lowest BCUT2D eigenvalue weighted by Gasteiger charge is -2.02. The molecule has 8 nitrogen and oxygen atoms in total. The van der Waals surface area contributed by atoms with Gasteiger partial charge in [0.05, 0.1) is 0 Å². The summed E-state index contributed by atoms with van der Waals surface area (Å²) in [6.45, 7) is 0. The van der Waals surface area contributed by atoms with Gasteiger partial charge in [-0.25, -0.2) is 0 Å². The van der Waals surface area contributed by atoms with Crippen molar-refractivity contribution in [3.05, 3.63) is 91.0 Å². The van der Waals surface area contributed by atoms with E-state index in [4.69, 9.17) is 40.8 Å². The van der Waals surface area contributed by atoms with Gasteiger partial charge in [0.15, 0.2) is 0 Å². The molecule has 0 radical (unpaired) electrons. The fourth-order valence-electron chi connectivity index (χ4n) is 1.84. The minimum atomic E-state index is 0.500. The standard InChI is InChI=1S/C12H8.4CNO/c1-2-6-10-9(5-1)11-7-3-4-8-12(10)11;4*2-1-3/h1-8H;;;;/q;4*-1. The lowest BCUT2D eigenvalue weighted by molar-refractivity contribution is 0.568. The number of rotatable bonds is 0. The lowest BCUT2D eigenvalue weighted by Crippen LogP contribution is -1.88. The van der Waals surface area contributed by atoms with Crippen LogP contribution in [0.4, 0.5) is 0 Å². The van der Waals surface area contributed by atoms with Crippen molar-refractivity contribution in [2.75, 3.05) is 0 Å². The van der Waals surface area contributed by atoms with E-state index in [0.717, 1.165) is 0 Å². The highest BCUT2D eigenvalue weighted by atomic mass is 16.1. The Morgan fingerprint density at radius 1 is 0.458 bits per heavy atom. The van der Waals surface area contributed by atoms with Gasteiger partial charge in [-0.2, -0.15) is 0 Å². The van der Waals surface area contributed by atoms with Crippen LogP contribution in [0.1, 0.15) is 0 Å². The molecule has 0 aliphatic heterocycles. The maximum Gasteiger partial charge on any atom is -0.00990 e. The summed E-state index contributed by atoms with van der Waals surface area (Å²) in [5.74, 6) is 0. The summed E-state index contributed by atoms with van der Waals surface area (Å²) in [6, 6.07) is 17.1. The summed E-state index contributed by atoms with van der Waals surface area (Å²) < 4.78 is 0. The van der Waals surface area contributed by atoms with E-state index in [1.54, 1.807) is 0 Å². The molecule has 1 aliphatic rings. The van der Waals surface area contributed by atoms with Crippen LogP contribution in [-0.2, 0) is 19.2 Å². The van der Waals surface area contributed by atoms with Gasteiger partial charge in [-0.05, 0) is 45.2 Å². The molecular formula is C16H8N4O4-4. The molecule has 24 heavy (non-hydrogen) atoms. The summed E-state index contributed by atoms with van der Waals surface area (Å²) >= 11 is 0. The van der Waals surface area contributed by atoms with E-state index < -0.39 is 0 Å². The highest BCUT2D eigenvalue weighted by Crippen LogP contribution is 2.11. The van der Waals surface area contributed by atoms with Crippen molar-refractivity contribution in [2.24, 2.45) is 0 Å². The van der Waals surface area contributed by atoms with Crippen LogP contribution < -0.4 is 0 Å². The molecule has 0 N–H and O–H groups in total. The molecule has 0 fully saturated rings. The maximum atomic E-state index is 8.24. The molecule has 0 aromatic heterocycles. The Kier molecular flexibility index (Phi) is 14.2. The molecule has 0 heterocycles. The third kappa shape index (κ3) is 7.67. The molecule has 0 saturated carbocycles. The number of fused-ring (bicyclic) bond motifs is 2. The fraction of sp³-hybridized carbons (Fsp3) is 0. The zero-order valence-corrected chi connectivity index (χ0v) is 12.0. The molecule has 0 saturated heterocycles. The average Bonchev–Trinajstić information content (AvgIpc) is 2.56. The molecule has 0 bridgehead atoms. The average molecular weight is 320 g/mol. The second-order valence-electron chi connectivity index (χ2n) is 3.46. The van der Waals surface area contributed by atoms with Crippen LogP contribution >= 0.6 is 0 Å². The van der Waals surface area contributed by atoms with Gasteiger partial charge >= 0.3 is 0 Å². The third-order valence-corrected chi connectivity index (χ3v) is 2.43. The van der Waals surface area contributed by atoms with Gasteiger partial charge in [-0.15, -0.1) is 0 Å². The lowest BCUT2D eigenvalue weighted by atomic mass is 10.0. The van der Waals surface area contributed by atoms with Gasteiger partial charge in [0, 0.05) is 0 Å². The smallest absolute Gasteiger partial charge is 0.00990 e. The number of hydrogen-bond acceptors (Lipinski definition) is 4. The quantitative estimate of drug-likeness (QED) is 0.459. The van der Waals surface area contributed by atoms with Crippen LogP contribution in [-0.4, -0.2) is 24.3 Å². The van der Waals surface area contributed by atoms with Crippen LogP contribution in [0.5, 0.6) is 0 Å². The summed E-state index contributed by atoms with van der Waals surface area (Å²) in [6.07, 6.45) is 2.00. The zero-order valence-electron chi connectivity index (χ0n) is 12.0. The van der Waals surface area contributed by atoms with Gasteiger partial charge in [-0.3, -0.25) is 19.2 Å². The second-order valence-corrected chi connectivity index (χ2v) is 3.46. The number of hydrogen-bond donors (Lipinski definition) is 0. The monoisotopic (exact) mass is 320 g/mol. The summed E-state index contributed by atoms with van der Waals surface area (Å²) in [4.78, 5) is 32.9. The number of benzene rings is 2. The minimum Gasteiger partial charge on any atom is -0.724 e. The second kappa shape index (κ2) is 15.4. The Morgan fingerprint density at radius 3 is 0.708 bits per heavy atom. The van der Waals surface area contributed by atoms with E-state index in [1.807, 2.05) is 0 Å². The Balaban J connectivity index is 0. The van der Waals surface area contributed by atoms with E-state index in [0.29, 0.717) is 24.3 Å². The highest BCUT2D eigenvalue weighted by molar-refractivity contribution is 5.37. The molecule has 3 rings (SSSR count). The van der Waals surface area contributed by atoms with Crippen molar-refractivity contribution in [1.82, 2.24) is 0 Å². The van der Waals surface area contributed by atoms with Crippen molar-refractivity contribution in [1.29, 1.82) is 0 Å². The summed E-state index contributed by atoms with van der Waals surface area (Å²) in [7, 11) is 0. The SMILES string of the molecule is [N-]=C=O.[N-]=C=O.[N-]=C=O.[N-]=C=O.c1ccc2c(c1)=c1ccccc1=2.